The summed E-state index contributed by atoms with van der Waals surface area (Å²) in [6.07, 6.45) is -4.24. The van der Waals surface area contributed by atoms with Crippen molar-refractivity contribution in [2.75, 3.05) is 13.7 Å². The summed E-state index contributed by atoms with van der Waals surface area (Å²) in [6, 6.07) is 18.3. The lowest BCUT2D eigenvalue weighted by molar-refractivity contribution is -0.133. The first kappa shape index (κ1) is 27.1. The quantitative estimate of drug-likeness (QED) is 0.359. The Hall–Kier alpha value is -2.96. The van der Waals surface area contributed by atoms with Gasteiger partial charge in [-0.2, -0.15) is 9.45 Å². The average Bonchev–Trinajstić information content (AvgIpc) is 3.18. The van der Waals surface area contributed by atoms with Gasteiger partial charge in [-0.05, 0) is 15.4 Å². The Morgan fingerprint density at radius 1 is 1.08 bits per heavy atom. The molecule has 0 saturated carbocycles. The van der Waals surface area contributed by atoms with Gasteiger partial charge >= 0.3 is 5.69 Å². The monoisotopic (exact) mass is 531 g/mol. The molecule has 2 aromatic carbocycles. The number of halogens is 2. The summed E-state index contributed by atoms with van der Waals surface area (Å²) >= 11 is 0. The van der Waals surface area contributed by atoms with Crippen molar-refractivity contribution in [3.05, 3.63) is 93.5 Å². The van der Waals surface area contributed by atoms with Crippen LogP contribution in [0.25, 0.3) is 0 Å². The second kappa shape index (κ2) is 10.4. The van der Waals surface area contributed by atoms with E-state index >= 15 is 4.39 Å². The zero-order chi connectivity index (χ0) is 27.0. The van der Waals surface area contributed by atoms with Gasteiger partial charge in [0.2, 0.25) is 5.82 Å². The van der Waals surface area contributed by atoms with Crippen molar-refractivity contribution in [3.63, 3.8) is 0 Å². The summed E-state index contributed by atoms with van der Waals surface area (Å²) in [6.45, 7) is 6.09. The van der Waals surface area contributed by atoms with Crippen molar-refractivity contribution in [1.82, 2.24) is 14.6 Å². The van der Waals surface area contributed by atoms with Crippen molar-refractivity contribution in [2.45, 2.75) is 50.4 Å². The van der Waals surface area contributed by atoms with Gasteiger partial charge in [-0.15, -0.1) is 0 Å². The Morgan fingerprint density at radius 2 is 1.62 bits per heavy atom. The molecular formula is C26H31F2N3O5Si. The standard InChI is InChI=1S/C26H31F2N3O5Si/c1-26(2,3)37(17-11-7-5-8-12-17,18-13-9-6-10-14-18)35-16-20-22(30(4)34)21(28)24(36-20)31-23(32)19(27)15-29-25(31)33/h5-15,20-22,24,34H,16H2,1-4H3,(H,29,33)/t20-,21+,22-,24-/m1/s1. The molecule has 1 aromatic heterocycles. The van der Waals surface area contributed by atoms with Gasteiger partial charge in [-0.25, -0.2) is 13.8 Å². The normalized spacial score (nSPS) is 22.5. The molecule has 0 radical (unpaired) electrons. The molecule has 198 valence electrons. The molecule has 0 spiro atoms. The second-order valence-electron chi connectivity index (χ2n) is 10.2. The first-order chi connectivity index (χ1) is 17.5. The molecule has 4 atom stereocenters. The topological polar surface area (TPSA) is 96.8 Å². The van der Waals surface area contributed by atoms with Gasteiger partial charge in [0.15, 0.2) is 12.4 Å². The van der Waals surface area contributed by atoms with Crippen molar-refractivity contribution >= 4 is 18.7 Å². The third-order valence-corrected chi connectivity index (χ3v) is 11.8. The molecule has 4 rings (SSSR count). The minimum absolute atomic E-state index is 0.151. The van der Waals surface area contributed by atoms with Crippen LogP contribution >= 0.6 is 0 Å². The van der Waals surface area contributed by atoms with Crippen LogP contribution in [0.4, 0.5) is 8.78 Å². The molecule has 1 aliphatic heterocycles. The third kappa shape index (κ3) is 4.85. The number of rotatable bonds is 7. The average molecular weight is 532 g/mol. The van der Waals surface area contributed by atoms with Gasteiger partial charge in [0, 0.05) is 13.2 Å². The number of alkyl halides is 1. The Balaban J connectivity index is 1.76. The first-order valence-corrected chi connectivity index (χ1v) is 13.9. The summed E-state index contributed by atoms with van der Waals surface area (Å²) in [7, 11) is -1.79. The molecular weight excluding hydrogens is 500 g/mol. The van der Waals surface area contributed by atoms with Crippen molar-refractivity contribution in [3.8, 4) is 0 Å². The summed E-state index contributed by atoms with van der Waals surface area (Å²) < 4.78 is 42.6. The predicted octanol–water partition coefficient (Wildman–Crippen LogP) is 2.18. The van der Waals surface area contributed by atoms with Gasteiger partial charge < -0.3 is 19.4 Å². The van der Waals surface area contributed by atoms with E-state index in [4.69, 9.17) is 9.16 Å². The number of ether oxygens (including phenoxy) is 1. The van der Waals surface area contributed by atoms with Gasteiger partial charge in [-0.1, -0.05) is 81.4 Å². The maximum atomic E-state index is 15.6. The SMILES string of the molecule is CN(O)[C@H]1[C@H](F)[C@H](n2c(=O)[nH]cc(F)c2=O)O[C@@H]1CO[Si](c1ccccc1)(c1ccccc1)C(C)(C)C. The van der Waals surface area contributed by atoms with Crippen molar-refractivity contribution in [2.24, 2.45) is 0 Å². The Morgan fingerprint density at radius 3 is 2.11 bits per heavy atom. The van der Waals surface area contributed by atoms with Crippen LogP contribution in [0.5, 0.6) is 0 Å². The number of nitrogens with zero attached hydrogens (tertiary/aromatic N) is 2. The number of hydrogen-bond acceptors (Lipinski definition) is 6. The van der Waals surface area contributed by atoms with Crippen LogP contribution in [0.2, 0.25) is 5.04 Å². The lowest BCUT2D eigenvalue weighted by atomic mass is 10.1. The summed E-state index contributed by atoms with van der Waals surface area (Å²) in [5.41, 5.74) is -2.34. The van der Waals surface area contributed by atoms with E-state index in [-0.39, 0.29) is 11.6 Å². The summed E-state index contributed by atoms with van der Waals surface area (Å²) in [4.78, 5) is 26.7. The van der Waals surface area contributed by atoms with Gasteiger partial charge in [0.1, 0.15) is 6.10 Å². The fourth-order valence-corrected chi connectivity index (χ4v) is 9.73. The van der Waals surface area contributed by atoms with Crippen LogP contribution in [0.3, 0.4) is 0 Å². The maximum absolute atomic E-state index is 15.6. The highest BCUT2D eigenvalue weighted by atomic mass is 28.4. The Labute approximate surface area is 214 Å². The van der Waals surface area contributed by atoms with E-state index < -0.39 is 49.9 Å². The second-order valence-corrected chi connectivity index (χ2v) is 14.5. The van der Waals surface area contributed by atoms with Crippen molar-refractivity contribution < 1.29 is 23.2 Å². The van der Waals surface area contributed by atoms with Crippen LogP contribution in [-0.2, 0) is 9.16 Å². The highest BCUT2D eigenvalue weighted by molar-refractivity contribution is 6.99. The lowest BCUT2D eigenvalue weighted by Gasteiger charge is -2.43. The van der Waals surface area contributed by atoms with E-state index in [1.54, 1.807) is 0 Å². The van der Waals surface area contributed by atoms with E-state index in [1.165, 1.54) is 7.05 Å². The fourth-order valence-electron chi connectivity index (χ4n) is 5.16. The largest absolute Gasteiger partial charge is 0.405 e. The van der Waals surface area contributed by atoms with E-state index in [2.05, 4.69) is 25.8 Å². The number of benzene rings is 2. The molecule has 3 aromatic rings. The summed E-state index contributed by atoms with van der Waals surface area (Å²) in [5.74, 6) is -1.25. The molecule has 2 heterocycles. The minimum atomic E-state index is -3.03. The Bertz CT molecular complexity index is 1290. The fraction of sp³-hybridized carbons (Fsp3) is 0.385. The molecule has 11 heteroatoms. The molecule has 0 unspecified atom stereocenters. The highest BCUT2D eigenvalue weighted by Gasteiger charge is 2.54. The molecule has 2 N–H and O–H groups in total. The Kier molecular flexibility index (Phi) is 7.63. The van der Waals surface area contributed by atoms with E-state index in [1.807, 2.05) is 60.7 Å². The molecule has 1 fully saturated rings. The summed E-state index contributed by atoms with van der Waals surface area (Å²) in [5, 5.41) is 12.5. The number of nitrogens with one attached hydrogen (secondary N) is 1. The smallest absolute Gasteiger partial charge is 0.330 e. The number of aromatic amines is 1. The number of hydrogen-bond donors (Lipinski definition) is 2. The predicted molar refractivity (Wildman–Crippen MR) is 137 cm³/mol. The van der Waals surface area contributed by atoms with Gasteiger partial charge in [-0.3, -0.25) is 4.79 Å². The van der Waals surface area contributed by atoms with Crippen LogP contribution in [0, 0.1) is 5.82 Å². The maximum Gasteiger partial charge on any atom is 0.330 e. The lowest BCUT2D eigenvalue weighted by Crippen LogP contribution is -2.67. The van der Waals surface area contributed by atoms with E-state index in [0.29, 0.717) is 15.8 Å². The molecule has 37 heavy (non-hydrogen) atoms. The molecule has 8 nitrogen and oxygen atoms in total. The van der Waals surface area contributed by atoms with E-state index in [9.17, 15) is 19.2 Å². The number of aromatic nitrogens is 2. The first-order valence-electron chi connectivity index (χ1n) is 11.9. The van der Waals surface area contributed by atoms with Crippen LogP contribution < -0.4 is 21.6 Å². The van der Waals surface area contributed by atoms with Gasteiger partial charge in [0.05, 0.1) is 12.6 Å². The van der Waals surface area contributed by atoms with Crippen LogP contribution in [-0.4, -0.2) is 60.1 Å². The molecule has 0 aliphatic carbocycles. The number of H-pyrrole nitrogens is 1. The minimum Gasteiger partial charge on any atom is -0.405 e. The molecule has 0 amide bonds. The molecule has 1 saturated heterocycles. The third-order valence-electron chi connectivity index (χ3n) is 6.82. The van der Waals surface area contributed by atoms with Gasteiger partial charge in [0.25, 0.3) is 13.9 Å². The number of hydroxylamine groups is 2. The molecule has 0 bridgehead atoms. The van der Waals surface area contributed by atoms with Crippen LogP contribution in [0.1, 0.15) is 27.0 Å². The zero-order valence-electron chi connectivity index (χ0n) is 21.1. The number of likely N-dealkylation sites (N-methyl/N-ethyl adjacent to an activating group) is 1. The zero-order valence-corrected chi connectivity index (χ0v) is 22.1. The highest BCUT2D eigenvalue weighted by Crippen LogP contribution is 2.39. The van der Waals surface area contributed by atoms with Crippen LogP contribution in [0.15, 0.2) is 76.4 Å². The van der Waals surface area contributed by atoms with Crippen molar-refractivity contribution in [1.29, 1.82) is 0 Å². The van der Waals surface area contributed by atoms with E-state index in [0.717, 1.165) is 10.4 Å². The molecule has 1 aliphatic rings.